The van der Waals surface area contributed by atoms with Gasteiger partial charge in [0.1, 0.15) is 8.80 Å². The molecule has 0 nitrogen and oxygen atoms in total. The summed E-state index contributed by atoms with van der Waals surface area (Å²) in [7, 11) is -0.548. The van der Waals surface area contributed by atoms with Crippen LogP contribution in [0.25, 0.3) is 0 Å². The quantitative estimate of drug-likeness (QED) is 0.645. The highest BCUT2D eigenvalue weighted by Gasteiger charge is 2.01. The fourth-order valence-corrected chi connectivity index (χ4v) is 2.22. The molecule has 0 spiro atoms. The average Bonchev–Trinajstić information content (AvgIpc) is 2.16. The molecule has 1 rings (SSSR count). The van der Waals surface area contributed by atoms with Gasteiger partial charge in [-0.25, -0.2) is 0 Å². The summed E-state index contributed by atoms with van der Waals surface area (Å²) in [4.78, 5) is 0. The van der Waals surface area contributed by atoms with Gasteiger partial charge in [-0.1, -0.05) is 47.3 Å². The van der Waals surface area contributed by atoms with Crippen molar-refractivity contribution in [3.05, 3.63) is 60.5 Å². The lowest BCUT2D eigenvalue weighted by Gasteiger charge is -2.03. The molecule has 0 fully saturated rings. The van der Waals surface area contributed by atoms with E-state index in [4.69, 9.17) is 0 Å². The molecular formula is C11H14FSi. The highest BCUT2D eigenvalue weighted by atomic mass is 28.3. The van der Waals surface area contributed by atoms with Crippen molar-refractivity contribution in [1.82, 2.24) is 0 Å². The normalized spacial score (nSPS) is 9.00. The van der Waals surface area contributed by atoms with Crippen LogP contribution in [-0.2, 0) is 6.04 Å². The number of benzene rings is 1. The molecule has 0 saturated carbocycles. The van der Waals surface area contributed by atoms with Gasteiger partial charge in [-0.3, -0.25) is 4.70 Å². The van der Waals surface area contributed by atoms with Crippen molar-refractivity contribution in [2.24, 2.45) is 0 Å². The molecule has 0 amide bonds. The molecule has 1 aromatic carbocycles. The second-order valence-corrected chi connectivity index (χ2v) is 4.97. The van der Waals surface area contributed by atoms with E-state index in [1.165, 1.54) is 5.56 Å². The van der Waals surface area contributed by atoms with Crippen LogP contribution in [0.15, 0.2) is 54.9 Å². The summed E-state index contributed by atoms with van der Waals surface area (Å²) in [5.41, 5.74) is 5.45. The number of rotatable bonds is 4. The molecular weight excluding hydrogens is 179 g/mol. The van der Waals surface area contributed by atoms with E-state index in [0.717, 1.165) is 6.04 Å². The average molecular weight is 193 g/mol. The predicted molar refractivity (Wildman–Crippen MR) is 58.8 cm³/mol. The lowest BCUT2D eigenvalue weighted by atomic mass is 10.2. The van der Waals surface area contributed by atoms with E-state index in [0.29, 0.717) is 0 Å². The fraction of sp³-hybridized carbons (Fsp3) is 0.0909. The van der Waals surface area contributed by atoms with E-state index in [1.807, 2.05) is 17.5 Å². The molecule has 0 saturated heterocycles. The van der Waals surface area contributed by atoms with E-state index in [2.05, 4.69) is 37.4 Å². The Labute approximate surface area is 80.6 Å². The molecule has 69 valence electrons. The van der Waals surface area contributed by atoms with E-state index < -0.39 is 8.80 Å². The van der Waals surface area contributed by atoms with Gasteiger partial charge in [0.15, 0.2) is 0 Å². The van der Waals surface area contributed by atoms with Crippen LogP contribution < -0.4 is 0 Å². The van der Waals surface area contributed by atoms with Crippen LogP contribution in [0.5, 0.6) is 0 Å². The SMILES string of the molecule is C=C[Si](C=C)Cc1ccccc1.F. The molecule has 0 bridgehead atoms. The second kappa shape index (κ2) is 6.37. The minimum absolute atomic E-state index is 0. The first-order valence-electron chi connectivity index (χ1n) is 4.01. The molecule has 0 atom stereocenters. The summed E-state index contributed by atoms with van der Waals surface area (Å²) < 4.78 is 0. The largest absolute Gasteiger partial charge is 0.269 e. The lowest BCUT2D eigenvalue weighted by molar-refractivity contribution is 1.11. The van der Waals surface area contributed by atoms with E-state index >= 15 is 0 Å². The van der Waals surface area contributed by atoms with Crippen molar-refractivity contribution < 1.29 is 4.70 Å². The summed E-state index contributed by atoms with van der Waals surface area (Å²) in [6.07, 6.45) is 0. The number of halogens is 1. The third kappa shape index (κ3) is 3.85. The van der Waals surface area contributed by atoms with Crippen molar-refractivity contribution in [1.29, 1.82) is 0 Å². The fourth-order valence-electron chi connectivity index (χ4n) is 1.06. The zero-order valence-corrected chi connectivity index (χ0v) is 8.57. The number of hydrogen-bond donors (Lipinski definition) is 0. The van der Waals surface area contributed by atoms with Gasteiger partial charge < -0.3 is 0 Å². The van der Waals surface area contributed by atoms with Gasteiger partial charge in [0.05, 0.1) is 0 Å². The lowest BCUT2D eigenvalue weighted by Crippen LogP contribution is -2.09. The van der Waals surface area contributed by atoms with Crippen LogP contribution in [0, 0.1) is 0 Å². The first-order chi connectivity index (χ1) is 5.86. The van der Waals surface area contributed by atoms with Crippen LogP contribution in [0.3, 0.4) is 0 Å². The summed E-state index contributed by atoms with van der Waals surface area (Å²) >= 11 is 0. The summed E-state index contributed by atoms with van der Waals surface area (Å²) in [6.45, 7) is 7.60. The zero-order valence-electron chi connectivity index (χ0n) is 7.57. The molecule has 13 heavy (non-hydrogen) atoms. The molecule has 0 aliphatic heterocycles. The molecule has 2 heteroatoms. The maximum Gasteiger partial charge on any atom is 0.106 e. The molecule has 0 aliphatic carbocycles. The van der Waals surface area contributed by atoms with Crippen LogP contribution in [-0.4, -0.2) is 8.80 Å². The van der Waals surface area contributed by atoms with Crippen molar-refractivity contribution >= 4 is 8.80 Å². The first kappa shape index (κ1) is 11.8. The highest BCUT2D eigenvalue weighted by molar-refractivity contribution is 6.68. The minimum Gasteiger partial charge on any atom is -0.269 e. The standard InChI is InChI=1S/C11H13Si.FH/c1-3-12(4-2)10-11-8-6-5-7-9-11;/h3-9H,1-2,10H2;1H. The van der Waals surface area contributed by atoms with Crippen LogP contribution >= 0.6 is 0 Å². The van der Waals surface area contributed by atoms with Gasteiger partial charge in [-0.15, -0.1) is 13.2 Å². The van der Waals surface area contributed by atoms with Gasteiger partial charge in [0, 0.05) is 0 Å². The minimum atomic E-state index is -0.548. The topological polar surface area (TPSA) is 0 Å². The van der Waals surface area contributed by atoms with E-state index in [1.54, 1.807) is 0 Å². The number of hydrogen-bond acceptors (Lipinski definition) is 0. The van der Waals surface area contributed by atoms with Crippen LogP contribution in [0.2, 0.25) is 0 Å². The maximum atomic E-state index is 3.80. The van der Waals surface area contributed by atoms with Gasteiger partial charge in [-0.2, -0.15) is 0 Å². The van der Waals surface area contributed by atoms with Gasteiger partial charge in [0.25, 0.3) is 0 Å². The van der Waals surface area contributed by atoms with Crippen molar-refractivity contribution in [2.45, 2.75) is 6.04 Å². The predicted octanol–water partition coefficient (Wildman–Crippen LogP) is 2.87. The van der Waals surface area contributed by atoms with Crippen LogP contribution in [0.1, 0.15) is 5.56 Å². The molecule has 0 aliphatic rings. The molecule has 0 aromatic heterocycles. The van der Waals surface area contributed by atoms with E-state index in [9.17, 15) is 0 Å². The van der Waals surface area contributed by atoms with E-state index in [-0.39, 0.29) is 4.70 Å². The zero-order chi connectivity index (χ0) is 8.81. The van der Waals surface area contributed by atoms with Crippen molar-refractivity contribution in [2.75, 3.05) is 0 Å². The smallest absolute Gasteiger partial charge is 0.106 e. The first-order valence-corrected chi connectivity index (χ1v) is 5.87. The molecule has 1 aromatic rings. The van der Waals surface area contributed by atoms with Crippen LogP contribution in [0.4, 0.5) is 4.70 Å². The van der Waals surface area contributed by atoms with Gasteiger partial charge in [-0.05, 0) is 6.04 Å². The second-order valence-electron chi connectivity index (χ2n) is 2.65. The Bertz CT molecular complexity index is 248. The Morgan fingerprint density at radius 3 is 2.08 bits per heavy atom. The summed E-state index contributed by atoms with van der Waals surface area (Å²) in [5, 5.41) is 0. The summed E-state index contributed by atoms with van der Waals surface area (Å²) in [5.74, 6) is 0. The molecule has 1 radical (unpaired) electrons. The van der Waals surface area contributed by atoms with Gasteiger partial charge in [0.2, 0.25) is 0 Å². The third-order valence-electron chi connectivity index (χ3n) is 1.78. The summed E-state index contributed by atoms with van der Waals surface area (Å²) in [6, 6.07) is 11.6. The molecule has 0 N–H and O–H groups in total. The third-order valence-corrected chi connectivity index (χ3v) is 3.64. The van der Waals surface area contributed by atoms with Crippen molar-refractivity contribution in [3.63, 3.8) is 0 Å². The molecule has 0 heterocycles. The Balaban J connectivity index is 0.00000144. The highest BCUT2D eigenvalue weighted by Crippen LogP contribution is 2.02. The molecule has 0 unspecified atom stereocenters. The van der Waals surface area contributed by atoms with Crippen molar-refractivity contribution in [3.8, 4) is 0 Å². The Morgan fingerprint density at radius 1 is 1.08 bits per heavy atom. The van der Waals surface area contributed by atoms with Gasteiger partial charge >= 0.3 is 0 Å². The Hall–Kier alpha value is -1.15. The Morgan fingerprint density at radius 2 is 1.62 bits per heavy atom. The maximum absolute atomic E-state index is 3.80. The monoisotopic (exact) mass is 193 g/mol. The Kier molecular flexibility index (Phi) is 5.81.